The lowest BCUT2D eigenvalue weighted by molar-refractivity contribution is 0.144. The van der Waals surface area contributed by atoms with Crippen LogP contribution in [0, 0.1) is 5.41 Å². The summed E-state index contributed by atoms with van der Waals surface area (Å²) in [6.45, 7) is 18.8. The lowest BCUT2D eigenvalue weighted by Crippen LogP contribution is -2.49. The Kier molecular flexibility index (Phi) is 6.68. The van der Waals surface area contributed by atoms with E-state index in [2.05, 4.69) is 63.5 Å². The van der Waals surface area contributed by atoms with Crippen molar-refractivity contribution in [3.05, 3.63) is 0 Å². The van der Waals surface area contributed by atoms with Crippen LogP contribution in [0.1, 0.15) is 54.4 Å². The summed E-state index contributed by atoms with van der Waals surface area (Å²) in [6, 6.07) is 0. The van der Waals surface area contributed by atoms with Crippen molar-refractivity contribution in [1.82, 2.24) is 10.2 Å². The van der Waals surface area contributed by atoms with Crippen LogP contribution in [0.15, 0.2) is 0 Å². The number of rotatable bonds is 6. The van der Waals surface area contributed by atoms with E-state index >= 15 is 0 Å². The van der Waals surface area contributed by atoms with Gasteiger partial charge in [-0.25, -0.2) is 0 Å². The molecule has 114 valence electrons. The summed E-state index contributed by atoms with van der Waals surface area (Å²) in [5.41, 5.74) is 0.629. The van der Waals surface area contributed by atoms with E-state index in [1.165, 1.54) is 38.2 Å². The van der Waals surface area contributed by atoms with Gasteiger partial charge < -0.3 is 10.2 Å². The van der Waals surface area contributed by atoms with Gasteiger partial charge in [0, 0.05) is 42.7 Å². The summed E-state index contributed by atoms with van der Waals surface area (Å²) in [4.78, 5) is 2.68. The molecular formula is C16H34N2S. The minimum atomic E-state index is 0.222. The molecule has 1 saturated heterocycles. The van der Waals surface area contributed by atoms with Crippen molar-refractivity contribution in [3.8, 4) is 0 Å². The van der Waals surface area contributed by atoms with Crippen molar-refractivity contribution < 1.29 is 0 Å². The Bertz CT molecular complexity index is 262. The highest BCUT2D eigenvalue weighted by atomic mass is 32.2. The molecule has 1 aliphatic rings. The predicted octanol–water partition coefficient (Wildman–Crippen LogP) is 3.62. The zero-order chi connectivity index (χ0) is 14.5. The van der Waals surface area contributed by atoms with E-state index in [1.54, 1.807) is 0 Å². The molecule has 0 spiro atoms. The summed E-state index contributed by atoms with van der Waals surface area (Å²) < 4.78 is 0. The molecule has 19 heavy (non-hydrogen) atoms. The van der Waals surface area contributed by atoms with Gasteiger partial charge in [0.25, 0.3) is 0 Å². The number of hydrogen-bond donors (Lipinski definition) is 1. The first-order valence-electron chi connectivity index (χ1n) is 7.83. The first-order valence-corrected chi connectivity index (χ1v) is 8.88. The van der Waals surface area contributed by atoms with Crippen molar-refractivity contribution in [1.29, 1.82) is 0 Å². The van der Waals surface area contributed by atoms with Crippen molar-refractivity contribution in [3.63, 3.8) is 0 Å². The van der Waals surface area contributed by atoms with Crippen LogP contribution in [0.4, 0.5) is 0 Å². The molecule has 1 N–H and O–H groups in total. The molecule has 1 aliphatic heterocycles. The monoisotopic (exact) mass is 286 g/mol. The Hall–Kier alpha value is 0.270. The molecular weight excluding hydrogens is 252 g/mol. The molecule has 2 atom stereocenters. The Labute approximate surface area is 125 Å². The fourth-order valence-electron chi connectivity index (χ4n) is 2.88. The third-order valence-corrected chi connectivity index (χ3v) is 4.97. The van der Waals surface area contributed by atoms with Crippen LogP contribution in [0.2, 0.25) is 0 Å². The summed E-state index contributed by atoms with van der Waals surface area (Å²) in [6.07, 6.45) is 2.59. The third kappa shape index (κ3) is 7.01. The molecule has 2 unspecified atom stereocenters. The van der Waals surface area contributed by atoms with Gasteiger partial charge in [-0.2, -0.15) is 11.8 Å². The van der Waals surface area contributed by atoms with E-state index in [0.717, 1.165) is 11.8 Å². The lowest BCUT2D eigenvalue weighted by atomic mass is 9.84. The van der Waals surface area contributed by atoms with Crippen LogP contribution in [-0.4, -0.2) is 47.6 Å². The van der Waals surface area contributed by atoms with Crippen molar-refractivity contribution in [2.75, 3.05) is 31.9 Å². The normalized spacial score (nSPS) is 25.3. The minimum absolute atomic E-state index is 0.222. The Morgan fingerprint density at radius 1 is 1.26 bits per heavy atom. The van der Waals surface area contributed by atoms with Crippen LogP contribution in [0.25, 0.3) is 0 Å². The zero-order valence-electron chi connectivity index (χ0n) is 13.9. The van der Waals surface area contributed by atoms with Gasteiger partial charge in [0.2, 0.25) is 0 Å². The van der Waals surface area contributed by atoms with Gasteiger partial charge in [0.05, 0.1) is 0 Å². The maximum absolute atomic E-state index is 3.72. The topological polar surface area (TPSA) is 15.3 Å². The van der Waals surface area contributed by atoms with Gasteiger partial charge in [-0.1, -0.05) is 27.2 Å². The number of nitrogens with one attached hydrogen (secondary N) is 1. The lowest BCUT2D eigenvalue weighted by Gasteiger charge is -2.40. The molecule has 0 aromatic carbocycles. The molecule has 2 nitrogen and oxygen atoms in total. The standard InChI is InChI=1S/C16H34N2S/c1-7-8-16(6,12-17-15(3,4)5)13-18-9-10-19-14(2)11-18/h14,17H,7-13H2,1-6H3. The summed E-state index contributed by atoms with van der Waals surface area (Å²) in [5, 5.41) is 4.52. The smallest absolute Gasteiger partial charge is 0.0147 e. The number of thioether (sulfide) groups is 1. The van der Waals surface area contributed by atoms with Crippen molar-refractivity contribution in [2.45, 2.75) is 65.2 Å². The second-order valence-corrected chi connectivity index (χ2v) is 9.13. The number of hydrogen-bond acceptors (Lipinski definition) is 3. The summed E-state index contributed by atoms with van der Waals surface area (Å²) >= 11 is 2.12. The Morgan fingerprint density at radius 2 is 1.95 bits per heavy atom. The molecule has 0 radical (unpaired) electrons. The predicted molar refractivity (Wildman–Crippen MR) is 89.1 cm³/mol. The van der Waals surface area contributed by atoms with E-state index in [4.69, 9.17) is 0 Å². The fraction of sp³-hybridized carbons (Fsp3) is 1.00. The summed E-state index contributed by atoms with van der Waals surface area (Å²) in [5.74, 6) is 1.30. The molecule has 0 saturated carbocycles. The quantitative estimate of drug-likeness (QED) is 0.803. The molecule has 1 heterocycles. The average molecular weight is 287 g/mol. The number of nitrogens with zero attached hydrogens (tertiary/aromatic N) is 1. The van der Waals surface area contributed by atoms with Gasteiger partial charge in [0.1, 0.15) is 0 Å². The van der Waals surface area contributed by atoms with Gasteiger partial charge >= 0.3 is 0 Å². The minimum Gasteiger partial charge on any atom is -0.311 e. The van der Waals surface area contributed by atoms with Crippen molar-refractivity contribution in [2.24, 2.45) is 5.41 Å². The van der Waals surface area contributed by atoms with E-state index in [9.17, 15) is 0 Å². The Morgan fingerprint density at radius 3 is 2.47 bits per heavy atom. The molecule has 1 fully saturated rings. The zero-order valence-corrected chi connectivity index (χ0v) is 14.7. The SMILES string of the molecule is CCCC(C)(CNC(C)(C)C)CN1CCSC(C)C1. The Balaban J connectivity index is 2.54. The molecule has 0 aromatic rings. The average Bonchev–Trinajstić information content (AvgIpc) is 2.26. The van der Waals surface area contributed by atoms with Gasteiger partial charge in [-0.15, -0.1) is 0 Å². The highest BCUT2D eigenvalue weighted by molar-refractivity contribution is 7.99. The largest absolute Gasteiger partial charge is 0.311 e. The van der Waals surface area contributed by atoms with E-state index in [1.807, 2.05) is 0 Å². The first kappa shape index (κ1) is 17.3. The molecule has 1 rings (SSSR count). The van der Waals surface area contributed by atoms with Crippen LogP contribution in [0.3, 0.4) is 0 Å². The van der Waals surface area contributed by atoms with Crippen LogP contribution < -0.4 is 5.32 Å². The molecule has 0 amide bonds. The van der Waals surface area contributed by atoms with Crippen molar-refractivity contribution >= 4 is 11.8 Å². The van der Waals surface area contributed by atoms with Crippen LogP contribution in [0.5, 0.6) is 0 Å². The first-order chi connectivity index (χ1) is 8.74. The summed E-state index contributed by atoms with van der Waals surface area (Å²) in [7, 11) is 0. The van der Waals surface area contributed by atoms with Gasteiger partial charge in [0.15, 0.2) is 0 Å². The van der Waals surface area contributed by atoms with E-state index in [-0.39, 0.29) is 5.54 Å². The highest BCUT2D eigenvalue weighted by Gasteiger charge is 2.29. The van der Waals surface area contributed by atoms with Gasteiger partial charge in [-0.05, 0) is 32.6 Å². The van der Waals surface area contributed by atoms with E-state index in [0.29, 0.717) is 5.41 Å². The fourth-order valence-corrected chi connectivity index (χ4v) is 3.96. The van der Waals surface area contributed by atoms with Gasteiger partial charge in [-0.3, -0.25) is 0 Å². The van der Waals surface area contributed by atoms with E-state index < -0.39 is 0 Å². The molecule has 0 aromatic heterocycles. The highest BCUT2D eigenvalue weighted by Crippen LogP contribution is 2.27. The second kappa shape index (κ2) is 7.33. The maximum Gasteiger partial charge on any atom is 0.0147 e. The molecule has 0 aliphatic carbocycles. The molecule has 0 bridgehead atoms. The third-order valence-electron chi connectivity index (χ3n) is 3.83. The van der Waals surface area contributed by atoms with Crippen LogP contribution in [-0.2, 0) is 0 Å². The van der Waals surface area contributed by atoms with Crippen LogP contribution >= 0.6 is 11.8 Å². The maximum atomic E-state index is 3.72. The second-order valence-electron chi connectivity index (χ2n) is 7.58. The molecule has 3 heteroatoms.